The van der Waals surface area contributed by atoms with E-state index in [9.17, 15) is 21.6 Å². The maximum absolute atomic E-state index is 13.0. The number of sulfone groups is 1. The Balaban J connectivity index is 2.01. The van der Waals surface area contributed by atoms with Crippen molar-refractivity contribution >= 4 is 60.3 Å². The quantitative estimate of drug-likeness (QED) is 0.478. The second-order valence-corrected chi connectivity index (χ2v) is 12.7. The third kappa shape index (κ3) is 4.68. The molecule has 0 spiro atoms. The third-order valence-electron chi connectivity index (χ3n) is 4.49. The first-order valence-corrected chi connectivity index (χ1v) is 13.5. The van der Waals surface area contributed by atoms with Crippen LogP contribution in [0.3, 0.4) is 0 Å². The highest BCUT2D eigenvalue weighted by Gasteiger charge is 2.29. The monoisotopic (exact) mass is 517 g/mol. The second kappa shape index (κ2) is 8.85. The third-order valence-corrected chi connectivity index (χ3v) is 9.35. The van der Waals surface area contributed by atoms with E-state index >= 15 is 0 Å². The number of carbonyl (C=O) groups is 1. The zero-order valence-electron chi connectivity index (χ0n) is 17.5. The highest BCUT2D eigenvalue weighted by atomic mass is 35.5. The maximum atomic E-state index is 13.0. The van der Waals surface area contributed by atoms with Gasteiger partial charge in [0.25, 0.3) is 21.8 Å². The number of amides is 1. The van der Waals surface area contributed by atoms with Crippen LogP contribution in [0.25, 0.3) is 0 Å². The number of anilines is 2. The Morgan fingerprint density at radius 1 is 1.16 bits per heavy atom. The minimum absolute atomic E-state index is 0.0223. The van der Waals surface area contributed by atoms with Gasteiger partial charge in [-0.05, 0) is 56.3 Å². The molecule has 32 heavy (non-hydrogen) atoms. The molecule has 0 unspecified atom stereocenters. The summed E-state index contributed by atoms with van der Waals surface area (Å²) in [5, 5.41) is 6.65. The number of halogens is 1. The van der Waals surface area contributed by atoms with Gasteiger partial charge in [-0.2, -0.15) is 0 Å². The first-order valence-electron chi connectivity index (χ1n) is 9.21. The number of nitrogens with zero attached hydrogens (tertiary/aromatic N) is 1. The fraction of sp³-hybridized carbons (Fsp3) is 0.263. The molecule has 9 nitrogen and oxygen atoms in total. The van der Waals surface area contributed by atoms with Crippen molar-refractivity contribution in [2.24, 2.45) is 0 Å². The Hall–Kier alpha value is -2.41. The summed E-state index contributed by atoms with van der Waals surface area (Å²) in [7, 11) is -7.96. The minimum atomic E-state index is -4.24. The lowest BCUT2D eigenvalue weighted by Gasteiger charge is -2.17. The van der Waals surface area contributed by atoms with Crippen molar-refractivity contribution in [2.75, 3.05) is 10.0 Å². The minimum Gasteiger partial charge on any atom is -0.336 e. The van der Waals surface area contributed by atoms with Gasteiger partial charge in [0.1, 0.15) is 14.8 Å². The van der Waals surface area contributed by atoms with Crippen LogP contribution in [0.15, 0.2) is 44.1 Å². The molecule has 3 aromatic rings. The van der Waals surface area contributed by atoms with E-state index in [1.54, 1.807) is 33.8 Å². The van der Waals surface area contributed by atoms with Crippen molar-refractivity contribution in [2.45, 2.75) is 42.7 Å². The molecule has 0 saturated heterocycles. The number of sulfonamides is 1. The molecule has 13 heteroatoms. The molecule has 2 N–H and O–H groups in total. The first kappa shape index (κ1) is 24.2. The molecule has 2 heterocycles. The van der Waals surface area contributed by atoms with Crippen LogP contribution < -0.4 is 10.0 Å². The van der Waals surface area contributed by atoms with E-state index in [1.165, 1.54) is 17.5 Å². The lowest BCUT2D eigenvalue weighted by molar-refractivity contribution is 0.102. The maximum Gasteiger partial charge on any atom is 0.267 e. The highest BCUT2D eigenvalue weighted by molar-refractivity contribution is 7.93. The molecule has 0 radical (unpaired) electrons. The molecule has 1 amide bonds. The second-order valence-electron chi connectivity index (χ2n) is 7.23. The molecule has 0 fully saturated rings. The van der Waals surface area contributed by atoms with Crippen LogP contribution in [-0.4, -0.2) is 33.1 Å². The van der Waals surface area contributed by atoms with E-state index in [2.05, 4.69) is 15.2 Å². The highest BCUT2D eigenvalue weighted by Crippen LogP contribution is 2.32. The van der Waals surface area contributed by atoms with Gasteiger partial charge >= 0.3 is 0 Å². The first-order chi connectivity index (χ1) is 14.8. The predicted octanol–water partition coefficient (Wildman–Crippen LogP) is 4.24. The molecule has 0 aliphatic rings. The smallest absolute Gasteiger partial charge is 0.267 e. The summed E-state index contributed by atoms with van der Waals surface area (Å²) < 4.78 is 58.2. The van der Waals surface area contributed by atoms with Gasteiger partial charge in [-0.25, -0.2) is 21.6 Å². The largest absolute Gasteiger partial charge is 0.336 e. The summed E-state index contributed by atoms with van der Waals surface area (Å²) in [5.41, 5.74) is 1.36. The number of hydrogen-bond donors (Lipinski definition) is 2. The number of aromatic nitrogens is 1. The number of thiophene rings is 1. The van der Waals surface area contributed by atoms with Gasteiger partial charge in [-0.15, -0.1) is 11.3 Å². The molecule has 3 rings (SSSR count). The fourth-order valence-electron chi connectivity index (χ4n) is 2.88. The summed E-state index contributed by atoms with van der Waals surface area (Å²) in [6, 6.07) is 4.46. The Bertz CT molecular complexity index is 1390. The zero-order valence-corrected chi connectivity index (χ0v) is 20.7. The van der Waals surface area contributed by atoms with Crippen LogP contribution in [-0.2, 0) is 19.9 Å². The van der Waals surface area contributed by atoms with Gasteiger partial charge in [-0.3, -0.25) is 4.79 Å². The van der Waals surface area contributed by atoms with E-state index < -0.39 is 31.0 Å². The number of hydrogen-bond acceptors (Lipinski definition) is 8. The number of nitrogens with one attached hydrogen (secondary N) is 2. The van der Waals surface area contributed by atoms with Crippen molar-refractivity contribution in [1.82, 2.24) is 5.16 Å². The average Bonchev–Trinajstić information content (AvgIpc) is 3.33. The van der Waals surface area contributed by atoms with E-state index in [-0.39, 0.29) is 31.3 Å². The van der Waals surface area contributed by atoms with E-state index in [1.807, 2.05) is 0 Å². The van der Waals surface area contributed by atoms with Crippen molar-refractivity contribution in [3.8, 4) is 0 Å². The van der Waals surface area contributed by atoms with Crippen molar-refractivity contribution in [3.05, 3.63) is 50.8 Å². The van der Waals surface area contributed by atoms with E-state index in [4.69, 9.17) is 16.1 Å². The lowest BCUT2D eigenvalue weighted by Crippen LogP contribution is -2.21. The van der Waals surface area contributed by atoms with Gasteiger partial charge in [0.2, 0.25) is 0 Å². The SMILES string of the molecule is Cc1cc(C)c(NC(=O)c2sccc2S(=O)(=O)Nc2oncc2Cl)c(S(=O)(=O)C(C)C)c1. The van der Waals surface area contributed by atoms with Gasteiger partial charge in [-0.1, -0.05) is 22.8 Å². The van der Waals surface area contributed by atoms with Gasteiger partial charge < -0.3 is 9.84 Å². The van der Waals surface area contributed by atoms with Crippen LogP contribution >= 0.6 is 22.9 Å². The van der Waals surface area contributed by atoms with Gasteiger partial charge in [0.15, 0.2) is 9.84 Å². The summed E-state index contributed by atoms with van der Waals surface area (Å²) in [6.07, 6.45) is 1.12. The Morgan fingerprint density at radius 2 is 1.84 bits per heavy atom. The zero-order chi connectivity index (χ0) is 23.8. The normalized spacial score (nSPS) is 12.2. The summed E-state index contributed by atoms with van der Waals surface area (Å²) >= 11 is 6.71. The van der Waals surface area contributed by atoms with Crippen LogP contribution in [0.2, 0.25) is 5.02 Å². The molecule has 0 bridgehead atoms. The van der Waals surface area contributed by atoms with Crippen LogP contribution in [0.5, 0.6) is 0 Å². The topological polar surface area (TPSA) is 135 Å². The van der Waals surface area contributed by atoms with E-state index in [0.29, 0.717) is 11.1 Å². The molecule has 0 aliphatic carbocycles. The van der Waals surface area contributed by atoms with Crippen molar-refractivity contribution in [1.29, 1.82) is 0 Å². The molecule has 0 atom stereocenters. The average molecular weight is 518 g/mol. The summed E-state index contributed by atoms with van der Waals surface area (Å²) in [5.74, 6) is -1.06. The standard InChI is InChI=1S/C19H20ClN3O6S3/c1-10(2)31(25,26)15-8-11(3)7-12(4)16(15)22-18(24)17-14(5-6-30-17)32(27,28)23-19-13(20)9-21-29-19/h5-10,23H,1-4H3,(H,22,24). The molecule has 2 aromatic heterocycles. The van der Waals surface area contributed by atoms with Crippen LogP contribution in [0.4, 0.5) is 11.6 Å². The van der Waals surface area contributed by atoms with Crippen molar-refractivity contribution in [3.63, 3.8) is 0 Å². The van der Waals surface area contributed by atoms with Crippen molar-refractivity contribution < 1.29 is 26.2 Å². The molecular weight excluding hydrogens is 498 g/mol. The van der Waals surface area contributed by atoms with Gasteiger partial charge in [0.05, 0.1) is 22.0 Å². The van der Waals surface area contributed by atoms with Gasteiger partial charge in [0, 0.05) is 0 Å². The molecule has 172 valence electrons. The predicted molar refractivity (Wildman–Crippen MR) is 123 cm³/mol. The number of carbonyl (C=O) groups excluding carboxylic acids is 1. The van der Waals surface area contributed by atoms with E-state index in [0.717, 1.165) is 17.5 Å². The fourth-order valence-corrected chi connectivity index (χ4v) is 6.74. The number of benzene rings is 1. The summed E-state index contributed by atoms with van der Waals surface area (Å²) in [4.78, 5) is 12.6. The molecule has 1 aromatic carbocycles. The molecular formula is C19H20ClN3O6S3. The van der Waals surface area contributed by atoms with Crippen LogP contribution in [0, 0.1) is 13.8 Å². The van der Waals surface area contributed by atoms with Crippen LogP contribution in [0.1, 0.15) is 34.6 Å². The molecule has 0 saturated carbocycles. The summed E-state index contributed by atoms with van der Waals surface area (Å²) in [6.45, 7) is 6.51. The Morgan fingerprint density at radius 3 is 2.44 bits per heavy atom. The number of rotatable bonds is 7. The Kier molecular flexibility index (Phi) is 6.70. The number of aryl methyl sites for hydroxylation is 2. The molecule has 0 aliphatic heterocycles. The lowest BCUT2D eigenvalue weighted by atomic mass is 10.1. The Labute approximate surface area is 194 Å².